The Kier molecular flexibility index (Phi) is 7.92. The van der Waals surface area contributed by atoms with Crippen molar-refractivity contribution in [1.82, 2.24) is 9.80 Å². The van der Waals surface area contributed by atoms with Gasteiger partial charge < -0.3 is 19.3 Å². The lowest BCUT2D eigenvalue weighted by atomic mass is 9.97. The van der Waals surface area contributed by atoms with Gasteiger partial charge in [0.15, 0.2) is 0 Å². The van der Waals surface area contributed by atoms with Gasteiger partial charge in [-0.05, 0) is 93.9 Å². The van der Waals surface area contributed by atoms with Crippen molar-refractivity contribution in [2.24, 2.45) is 5.92 Å². The van der Waals surface area contributed by atoms with Crippen molar-refractivity contribution in [2.45, 2.75) is 58.0 Å². The molecule has 33 heavy (non-hydrogen) atoms. The van der Waals surface area contributed by atoms with Crippen molar-refractivity contribution in [1.29, 1.82) is 0 Å². The van der Waals surface area contributed by atoms with E-state index >= 15 is 0 Å². The fourth-order valence-corrected chi connectivity index (χ4v) is 5.09. The number of nitrogens with zero attached hydrogens (tertiary/aromatic N) is 2. The van der Waals surface area contributed by atoms with Gasteiger partial charge in [-0.1, -0.05) is 24.3 Å². The van der Waals surface area contributed by atoms with Crippen LogP contribution in [0, 0.1) is 5.92 Å². The highest BCUT2D eigenvalue weighted by Crippen LogP contribution is 2.34. The monoisotopic (exact) mass is 450 g/mol. The fraction of sp³-hybridized carbons (Fsp3) is 0.536. The van der Waals surface area contributed by atoms with Gasteiger partial charge in [-0.15, -0.1) is 0 Å². The molecule has 1 atom stereocenters. The topological polar surface area (TPSA) is 42.0 Å². The zero-order chi connectivity index (χ0) is 23.2. The van der Waals surface area contributed by atoms with Crippen LogP contribution in [0.15, 0.2) is 48.5 Å². The Bertz CT molecular complexity index is 904. The SMILES string of the molecule is COc1ccc(CC(=O)N2CCCC2c2cccc(OCC3CCN(C(C)C)CC3)c2)cc1. The average Bonchev–Trinajstić information content (AvgIpc) is 3.34. The van der Waals surface area contributed by atoms with E-state index in [1.54, 1.807) is 7.11 Å². The van der Waals surface area contributed by atoms with Gasteiger partial charge in [0.25, 0.3) is 0 Å². The first kappa shape index (κ1) is 23.6. The van der Waals surface area contributed by atoms with Crippen LogP contribution < -0.4 is 9.47 Å². The largest absolute Gasteiger partial charge is 0.497 e. The molecule has 0 saturated carbocycles. The molecule has 2 aliphatic rings. The second-order valence-corrected chi connectivity index (χ2v) is 9.73. The van der Waals surface area contributed by atoms with Crippen LogP contribution in [0.3, 0.4) is 0 Å². The molecular weight excluding hydrogens is 412 g/mol. The Balaban J connectivity index is 1.34. The van der Waals surface area contributed by atoms with Gasteiger partial charge in [-0.3, -0.25) is 4.79 Å². The summed E-state index contributed by atoms with van der Waals surface area (Å²) in [6.45, 7) is 8.48. The molecule has 2 aliphatic heterocycles. The predicted molar refractivity (Wildman–Crippen MR) is 132 cm³/mol. The average molecular weight is 451 g/mol. The van der Waals surface area contributed by atoms with Gasteiger partial charge in [0.05, 0.1) is 26.2 Å². The molecule has 2 aromatic carbocycles. The van der Waals surface area contributed by atoms with E-state index in [1.807, 2.05) is 35.2 Å². The lowest BCUT2D eigenvalue weighted by molar-refractivity contribution is -0.131. The van der Waals surface area contributed by atoms with Gasteiger partial charge in [0, 0.05) is 12.6 Å². The van der Waals surface area contributed by atoms with Crippen LogP contribution in [-0.4, -0.2) is 55.1 Å². The quantitative estimate of drug-likeness (QED) is 0.561. The molecule has 1 amide bonds. The van der Waals surface area contributed by atoms with Crippen molar-refractivity contribution in [2.75, 3.05) is 33.4 Å². The van der Waals surface area contributed by atoms with E-state index in [0.717, 1.165) is 43.1 Å². The minimum Gasteiger partial charge on any atom is -0.497 e. The summed E-state index contributed by atoms with van der Waals surface area (Å²) in [6.07, 6.45) is 4.87. The number of methoxy groups -OCH3 is 1. The molecule has 5 heteroatoms. The molecule has 5 nitrogen and oxygen atoms in total. The lowest BCUT2D eigenvalue weighted by Crippen LogP contribution is -2.39. The normalized spacial score (nSPS) is 19.8. The molecule has 2 heterocycles. The molecule has 1 unspecified atom stereocenters. The summed E-state index contributed by atoms with van der Waals surface area (Å²) in [6, 6.07) is 16.9. The van der Waals surface area contributed by atoms with Crippen molar-refractivity contribution >= 4 is 5.91 Å². The van der Waals surface area contributed by atoms with Crippen molar-refractivity contribution in [3.05, 3.63) is 59.7 Å². The van der Waals surface area contributed by atoms with Crippen molar-refractivity contribution < 1.29 is 14.3 Å². The number of carbonyl (C=O) groups excluding carboxylic acids is 1. The molecule has 0 aromatic heterocycles. The number of rotatable bonds is 8. The summed E-state index contributed by atoms with van der Waals surface area (Å²) in [5.41, 5.74) is 2.20. The van der Waals surface area contributed by atoms with Crippen LogP contribution in [0.4, 0.5) is 0 Å². The van der Waals surface area contributed by atoms with Crippen LogP contribution >= 0.6 is 0 Å². The maximum atomic E-state index is 13.1. The fourth-order valence-electron chi connectivity index (χ4n) is 5.09. The van der Waals surface area contributed by atoms with E-state index in [2.05, 4.69) is 36.9 Å². The van der Waals surface area contributed by atoms with Gasteiger partial charge in [0.2, 0.25) is 5.91 Å². The summed E-state index contributed by atoms with van der Waals surface area (Å²) in [5, 5.41) is 0. The smallest absolute Gasteiger partial charge is 0.227 e. The highest BCUT2D eigenvalue weighted by Gasteiger charge is 2.30. The number of amides is 1. The minimum absolute atomic E-state index is 0.133. The highest BCUT2D eigenvalue weighted by atomic mass is 16.5. The molecule has 4 rings (SSSR count). The van der Waals surface area contributed by atoms with Gasteiger partial charge in [-0.25, -0.2) is 0 Å². The molecule has 2 saturated heterocycles. The maximum absolute atomic E-state index is 13.1. The Hall–Kier alpha value is -2.53. The van der Waals surface area contributed by atoms with E-state index in [0.29, 0.717) is 18.4 Å². The second kappa shape index (κ2) is 11.1. The molecule has 2 aromatic rings. The molecular formula is C28H38N2O3. The third kappa shape index (κ3) is 6.08. The van der Waals surface area contributed by atoms with Gasteiger partial charge in [0.1, 0.15) is 11.5 Å². The van der Waals surface area contributed by atoms with E-state index in [-0.39, 0.29) is 11.9 Å². The minimum atomic E-state index is 0.133. The standard InChI is InChI=1S/C28H38N2O3/c1-21(2)29-16-13-23(14-17-29)20-33-26-7-4-6-24(19-26)27-8-5-15-30(27)28(31)18-22-9-11-25(32-3)12-10-22/h4,6-7,9-12,19,21,23,27H,5,8,13-18,20H2,1-3H3. The van der Waals surface area contributed by atoms with E-state index < -0.39 is 0 Å². The number of hydrogen-bond acceptors (Lipinski definition) is 4. The molecule has 0 N–H and O–H groups in total. The summed E-state index contributed by atoms with van der Waals surface area (Å²) < 4.78 is 11.4. The molecule has 0 spiro atoms. The number of hydrogen-bond donors (Lipinski definition) is 0. The van der Waals surface area contributed by atoms with Gasteiger partial charge in [-0.2, -0.15) is 0 Å². The summed E-state index contributed by atoms with van der Waals surface area (Å²) in [4.78, 5) is 17.7. The molecule has 2 fully saturated rings. The number of likely N-dealkylation sites (tertiary alicyclic amines) is 2. The Morgan fingerprint density at radius 3 is 2.45 bits per heavy atom. The third-order valence-corrected chi connectivity index (χ3v) is 7.20. The van der Waals surface area contributed by atoms with Gasteiger partial charge >= 0.3 is 0 Å². The first-order valence-corrected chi connectivity index (χ1v) is 12.4. The van der Waals surface area contributed by atoms with Crippen LogP contribution in [-0.2, 0) is 11.2 Å². The van der Waals surface area contributed by atoms with Crippen molar-refractivity contribution in [3.63, 3.8) is 0 Å². The van der Waals surface area contributed by atoms with E-state index in [4.69, 9.17) is 9.47 Å². The first-order chi connectivity index (χ1) is 16.0. The number of benzene rings is 2. The Morgan fingerprint density at radius 2 is 1.76 bits per heavy atom. The Morgan fingerprint density at radius 1 is 1.00 bits per heavy atom. The summed E-state index contributed by atoms with van der Waals surface area (Å²) >= 11 is 0. The lowest BCUT2D eigenvalue weighted by Gasteiger charge is -2.34. The van der Waals surface area contributed by atoms with E-state index in [1.165, 1.54) is 31.5 Å². The first-order valence-electron chi connectivity index (χ1n) is 12.4. The number of ether oxygens (including phenoxy) is 2. The molecule has 0 radical (unpaired) electrons. The van der Waals surface area contributed by atoms with Crippen LogP contribution in [0.1, 0.15) is 56.7 Å². The molecule has 178 valence electrons. The second-order valence-electron chi connectivity index (χ2n) is 9.73. The predicted octanol–water partition coefficient (Wildman–Crippen LogP) is 5.10. The van der Waals surface area contributed by atoms with Crippen LogP contribution in [0.5, 0.6) is 11.5 Å². The third-order valence-electron chi connectivity index (χ3n) is 7.20. The van der Waals surface area contributed by atoms with Crippen molar-refractivity contribution in [3.8, 4) is 11.5 Å². The number of piperidine rings is 1. The number of carbonyl (C=O) groups is 1. The zero-order valence-corrected chi connectivity index (χ0v) is 20.3. The zero-order valence-electron chi connectivity index (χ0n) is 20.3. The van der Waals surface area contributed by atoms with Crippen LogP contribution in [0.2, 0.25) is 0 Å². The van der Waals surface area contributed by atoms with E-state index in [9.17, 15) is 4.79 Å². The summed E-state index contributed by atoms with van der Waals surface area (Å²) in [7, 11) is 1.66. The molecule has 0 aliphatic carbocycles. The maximum Gasteiger partial charge on any atom is 0.227 e. The van der Waals surface area contributed by atoms with Crippen LogP contribution in [0.25, 0.3) is 0 Å². The highest BCUT2D eigenvalue weighted by molar-refractivity contribution is 5.79. The summed E-state index contributed by atoms with van der Waals surface area (Å²) in [5.74, 6) is 2.55. The molecule has 0 bridgehead atoms. The Labute approximate surface area is 198 Å².